The van der Waals surface area contributed by atoms with E-state index in [-0.39, 0.29) is 5.92 Å². The van der Waals surface area contributed by atoms with E-state index in [1.807, 2.05) is 19.1 Å². The lowest BCUT2D eigenvalue weighted by molar-refractivity contribution is 0.159. The summed E-state index contributed by atoms with van der Waals surface area (Å²) >= 11 is 0. The molecule has 88 valence electrons. The van der Waals surface area contributed by atoms with E-state index >= 15 is 0 Å². The number of aliphatic hydroxyl groups excluding tert-OH is 1. The Hall–Kier alpha value is -1.68. The van der Waals surface area contributed by atoms with E-state index in [0.29, 0.717) is 18.1 Å². The molecule has 1 N–H and O–H groups in total. The van der Waals surface area contributed by atoms with Gasteiger partial charge in [0.05, 0.1) is 5.92 Å². The highest BCUT2D eigenvalue weighted by Gasteiger charge is 2.32. The van der Waals surface area contributed by atoms with Crippen LogP contribution in [-0.2, 0) is 6.42 Å². The fourth-order valence-electron chi connectivity index (χ4n) is 2.19. The molecule has 1 aromatic carbocycles. The third kappa shape index (κ3) is 1.65. The first kappa shape index (κ1) is 10.5. The Morgan fingerprint density at radius 3 is 3.06 bits per heavy atom. The fourth-order valence-corrected chi connectivity index (χ4v) is 2.19. The van der Waals surface area contributed by atoms with Crippen LogP contribution in [0, 0.1) is 0 Å². The van der Waals surface area contributed by atoms with Crippen LogP contribution in [-0.4, -0.2) is 15.2 Å². The van der Waals surface area contributed by atoms with Crippen LogP contribution in [0.3, 0.4) is 0 Å². The SMILES string of the molecule is CCC(O)c1noc(C2Cc3ccccc32)n1. The third-order valence-electron chi connectivity index (χ3n) is 3.29. The van der Waals surface area contributed by atoms with Crippen molar-refractivity contribution < 1.29 is 9.63 Å². The Labute approximate surface area is 99.3 Å². The summed E-state index contributed by atoms with van der Waals surface area (Å²) in [5.41, 5.74) is 2.60. The predicted octanol–water partition coefficient (Wildman–Crippen LogP) is 2.20. The molecule has 4 nitrogen and oxygen atoms in total. The molecule has 2 atom stereocenters. The molecule has 2 aromatic rings. The zero-order valence-electron chi connectivity index (χ0n) is 9.63. The molecule has 4 heteroatoms. The van der Waals surface area contributed by atoms with E-state index in [1.54, 1.807) is 0 Å². The smallest absolute Gasteiger partial charge is 0.234 e. The zero-order valence-corrected chi connectivity index (χ0v) is 9.63. The Bertz CT molecular complexity index is 536. The monoisotopic (exact) mass is 230 g/mol. The summed E-state index contributed by atoms with van der Waals surface area (Å²) in [5, 5.41) is 13.5. The van der Waals surface area contributed by atoms with Crippen LogP contribution in [0.2, 0.25) is 0 Å². The van der Waals surface area contributed by atoms with Crippen LogP contribution in [0.15, 0.2) is 28.8 Å². The van der Waals surface area contributed by atoms with Gasteiger partial charge in [0, 0.05) is 0 Å². The van der Waals surface area contributed by atoms with Gasteiger partial charge in [0.15, 0.2) is 5.82 Å². The van der Waals surface area contributed by atoms with Crippen molar-refractivity contribution in [3.05, 3.63) is 47.1 Å². The number of hydrogen-bond acceptors (Lipinski definition) is 4. The highest BCUT2D eigenvalue weighted by Crippen LogP contribution is 2.39. The summed E-state index contributed by atoms with van der Waals surface area (Å²) in [5.74, 6) is 1.22. The summed E-state index contributed by atoms with van der Waals surface area (Å²) in [6.45, 7) is 1.89. The maximum Gasteiger partial charge on any atom is 0.234 e. The predicted molar refractivity (Wildman–Crippen MR) is 61.5 cm³/mol. The van der Waals surface area contributed by atoms with Gasteiger partial charge in [0.1, 0.15) is 6.10 Å². The van der Waals surface area contributed by atoms with Gasteiger partial charge < -0.3 is 9.63 Å². The molecule has 0 aliphatic heterocycles. The first-order valence-electron chi connectivity index (χ1n) is 5.89. The molecule has 17 heavy (non-hydrogen) atoms. The Kier molecular flexibility index (Phi) is 2.44. The number of fused-ring (bicyclic) bond motifs is 1. The fraction of sp³-hybridized carbons (Fsp3) is 0.385. The van der Waals surface area contributed by atoms with Crippen LogP contribution in [0.5, 0.6) is 0 Å². The molecule has 0 saturated heterocycles. The third-order valence-corrected chi connectivity index (χ3v) is 3.29. The van der Waals surface area contributed by atoms with Gasteiger partial charge in [-0.15, -0.1) is 0 Å². The molecule has 1 heterocycles. The molecule has 0 saturated carbocycles. The highest BCUT2D eigenvalue weighted by molar-refractivity contribution is 5.43. The molecule has 1 aromatic heterocycles. The van der Waals surface area contributed by atoms with E-state index in [2.05, 4.69) is 22.3 Å². The van der Waals surface area contributed by atoms with Crippen LogP contribution >= 0.6 is 0 Å². The normalized spacial score (nSPS) is 19.5. The van der Waals surface area contributed by atoms with E-state index < -0.39 is 6.10 Å². The highest BCUT2D eigenvalue weighted by atomic mass is 16.5. The van der Waals surface area contributed by atoms with E-state index in [9.17, 15) is 5.11 Å². The molecule has 2 unspecified atom stereocenters. The number of benzene rings is 1. The number of rotatable bonds is 3. The van der Waals surface area contributed by atoms with Crippen molar-refractivity contribution in [1.29, 1.82) is 0 Å². The molecular weight excluding hydrogens is 216 g/mol. The van der Waals surface area contributed by atoms with Crippen molar-refractivity contribution in [2.75, 3.05) is 0 Å². The topological polar surface area (TPSA) is 59.2 Å². The van der Waals surface area contributed by atoms with Crippen molar-refractivity contribution >= 4 is 0 Å². The van der Waals surface area contributed by atoms with Gasteiger partial charge in [-0.3, -0.25) is 0 Å². The lowest BCUT2D eigenvalue weighted by Crippen LogP contribution is -2.18. The Morgan fingerprint density at radius 1 is 1.47 bits per heavy atom. The quantitative estimate of drug-likeness (QED) is 0.878. The lowest BCUT2D eigenvalue weighted by atomic mass is 9.77. The molecule has 1 aliphatic carbocycles. The molecule has 0 amide bonds. The molecule has 0 fully saturated rings. The van der Waals surface area contributed by atoms with Gasteiger partial charge in [-0.25, -0.2) is 0 Å². The largest absolute Gasteiger partial charge is 0.385 e. The molecular formula is C13H14N2O2. The molecule has 0 radical (unpaired) electrons. The van der Waals surface area contributed by atoms with Gasteiger partial charge in [-0.05, 0) is 24.0 Å². The number of hydrogen-bond donors (Lipinski definition) is 1. The average molecular weight is 230 g/mol. The Morgan fingerprint density at radius 2 is 2.29 bits per heavy atom. The maximum atomic E-state index is 9.63. The van der Waals surface area contributed by atoms with Gasteiger partial charge in [-0.1, -0.05) is 36.3 Å². The molecule has 0 bridgehead atoms. The van der Waals surface area contributed by atoms with Gasteiger partial charge in [0.25, 0.3) is 0 Å². The minimum atomic E-state index is -0.622. The maximum absolute atomic E-state index is 9.63. The standard InChI is InChI=1S/C13H14N2O2/c1-2-11(16)12-14-13(17-15-12)10-7-8-5-3-4-6-9(8)10/h3-6,10-11,16H,2,7H2,1H3. The Balaban J connectivity index is 1.86. The minimum Gasteiger partial charge on any atom is -0.385 e. The van der Waals surface area contributed by atoms with Gasteiger partial charge >= 0.3 is 0 Å². The molecule has 3 rings (SSSR count). The van der Waals surface area contributed by atoms with Crippen molar-refractivity contribution in [3.8, 4) is 0 Å². The first-order chi connectivity index (χ1) is 8.29. The summed E-state index contributed by atoms with van der Waals surface area (Å²) in [7, 11) is 0. The van der Waals surface area contributed by atoms with Crippen molar-refractivity contribution in [2.24, 2.45) is 0 Å². The van der Waals surface area contributed by atoms with Crippen LogP contribution < -0.4 is 0 Å². The zero-order chi connectivity index (χ0) is 11.8. The van der Waals surface area contributed by atoms with Crippen molar-refractivity contribution in [3.63, 3.8) is 0 Å². The molecule has 1 aliphatic rings. The van der Waals surface area contributed by atoms with Crippen LogP contribution in [0.25, 0.3) is 0 Å². The van der Waals surface area contributed by atoms with Gasteiger partial charge in [0.2, 0.25) is 5.89 Å². The summed E-state index contributed by atoms with van der Waals surface area (Å²) in [6.07, 6.45) is 0.920. The minimum absolute atomic E-state index is 0.205. The van der Waals surface area contributed by atoms with Crippen LogP contribution in [0.1, 0.15) is 48.2 Å². The molecule has 0 spiro atoms. The van der Waals surface area contributed by atoms with Gasteiger partial charge in [-0.2, -0.15) is 4.98 Å². The van der Waals surface area contributed by atoms with Crippen molar-refractivity contribution in [2.45, 2.75) is 31.8 Å². The second-order valence-corrected chi connectivity index (χ2v) is 4.37. The number of aromatic nitrogens is 2. The summed E-state index contributed by atoms with van der Waals surface area (Å²) < 4.78 is 5.23. The number of nitrogens with zero attached hydrogens (tertiary/aromatic N) is 2. The second-order valence-electron chi connectivity index (χ2n) is 4.37. The second kappa shape index (κ2) is 3.96. The summed E-state index contributed by atoms with van der Waals surface area (Å²) in [6, 6.07) is 8.26. The van der Waals surface area contributed by atoms with Crippen molar-refractivity contribution in [1.82, 2.24) is 10.1 Å². The first-order valence-corrected chi connectivity index (χ1v) is 5.89. The van der Waals surface area contributed by atoms with Crippen LogP contribution in [0.4, 0.5) is 0 Å². The van der Waals surface area contributed by atoms with E-state index in [0.717, 1.165) is 6.42 Å². The summed E-state index contributed by atoms with van der Waals surface area (Å²) in [4.78, 5) is 4.27. The average Bonchev–Trinajstić information content (AvgIpc) is 2.79. The van der Waals surface area contributed by atoms with E-state index in [4.69, 9.17) is 4.52 Å². The number of aliphatic hydroxyl groups is 1. The van der Waals surface area contributed by atoms with E-state index in [1.165, 1.54) is 11.1 Å². The lowest BCUT2D eigenvalue weighted by Gasteiger charge is -2.26.